The van der Waals surface area contributed by atoms with Crippen molar-refractivity contribution in [3.63, 3.8) is 0 Å². The summed E-state index contributed by atoms with van der Waals surface area (Å²) < 4.78 is 5.33. The van der Waals surface area contributed by atoms with E-state index in [1.807, 2.05) is 26.0 Å². The van der Waals surface area contributed by atoms with Gasteiger partial charge in [-0.25, -0.2) is 0 Å². The number of aryl methyl sites for hydroxylation is 2. The van der Waals surface area contributed by atoms with Crippen LogP contribution in [0.2, 0.25) is 0 Å². The third-order valence-electron chi connectivity index (χ3n) is 3.19. The maximum absolute atomic E-state index is 11.8. The zero-order chi connectivity index (χ0) is 14.6. The number of likely N-dealkylation sites (N-methyl/N-ethyl adjacent to an activating group) is 1. The van der Waals surface area contributed by atoms with Crippen LogP contribution < -0.4 is 10.5 Å². The molecule has 1 aromatic rings. The minimum Gasteiger partial charge on any atom is -0.496 e. The average Bonchev–Trinajstić information content (AvgIpc) is 2.40. The van der Waals surface area contributed by atoms with Gasteiger partial charge in [0, 0.05) is 19.2 Å². The minimum atomic E-state index is -0.873. The maximum Gasteiger partial charge on any atom is 0.241 e. The van der Waals surface area contributed by atoms with E-state index < -0.39 is 6.04 Å². The van der Waals surface area contributed by atoms with Gasteiger partial charge in [-0.2, -0.15) is 0 Å². The number of hydrogen-bond acceptors (Lipinski definition) is 4. The van der Waals surface area contributed by atoms with Crippen LogP contribution in [0.4, 0.5) is 0 Å². The van der Waals surface area contributed by atoms with Crippen molar-refractivity contribution in [1.29, 1.82) is 0 Å². The van der Waals surface area contributed by atoms with Crippen LogP contribution in [0.1, 0.15) is 16.7 Å². The van der Waals surface area contributed by atoms with Gasteiger partial charge in [0.15, 0.2) is 0 Å². The third-order valence-corrected chi connectivity index (χ3v) is 3.19. The SMILES string of the molecule is COc1cc(C)c(C)cc1CN(C)C(=O)C(N)CO. The molecule has 0 radical (unpaired) electrons. The van der Waals surface area contributed by atoms with E-state index in [1.54, 1.807) is 14.2 Å². The standard InChI is InChI=1S/C14H22N2O3/c1-9-5-11(13(19-4)6-10(9)2)7-16(3)14(18)12(15)8-17/h5-6,12,17H,7-8,15H2,1-4H3. The van der Waals surface area contributed by atoms with E-state index in [-0.39, 0.29) is 12.5 Å². The number of aliphatic hydroxyl groups excluding tert-OH is 1. The molecule has 0 fully saturated rings. The highest BCUT2D eigenvalue weighted by molar-refractivity contribution is 5.81. The fourth-order valence-corrected chi connectivity index (χ4v) is 1.86. The second-order valence-electron chi connectivity index (χ2n) is 4.73. The molecule has 0 saturated heterocycles. The summed E-state index contributed by atoms with van der Waals surface area (Å²) in [5.74, 6) is 0.461. The van der Waals surface area contributed by atoms with Crippen LogP contribution in [0.3, 0.4) is 0 Å². The number of methoxy groups -OCH3 is 1. The predicted molar refractivity (Wildman–Crippen MR) is 74.0 cm³/mol. The van der Waals surface area contributed by atoms with Crippen LogP contribution in [0.5, 0.6) is 5.75 Å². The third kappa shape index (κ3) is 3.68. The van der Waals surface area contributed by atoms with Crippen molar-refractivity contribution in [3.8, 4) is 5.75 Å². The van der Waals surface area contributed by atoms with E-state index in [0.717, 1.165) is 22.4 Å². The van der Waals surface area contributed by atoms with Crippen molar-refractivity contribution in [3.05, 3.63) is 28.8 Å². The number of carbonyl (C=O) groups is 1. The Morgan fingerprint density at radius 2 is 2.00 bits per heavy atom. The fraction of sp³-hybridized carbons (Fsp3) is 0.500. The molecule has 106 valence electrons. The first-order valence-corrected chi connectivity index (χ1v) is 6.16. The van der Waals surface area contributed by atoms with Gasteiger partial charge in [-0.3, -0.25) is 4.79 Å². The summed E-state index contributed by atoms with van der Waals surface area (Å²) in [6.07, 6.45) is 0. The number of nitrogens with zero attached hydrogens (tertiary/aromatic N) is 1. The number of aliphatic hydroxyl groups is 1. The van der Waals surface area contributed by atoms with E-state index in [2.05, 4.69) is 0 Å². The van der Waals surface area contributed by atoms with E-state index in [9.17, 15) is 4.79 Å². The largest absolute Gasteiger partial charge is 0.496 e. The van der Waals surface area contributed by atoms with E-state index >= 15 is 0 Å². The van der Waals surface area contributed by atoms with Crippen LogP contribution >= 0.6 is 0 Å². The van der Waals surface area contributed by atoms with Gasteiger partial charge in [0.25, 0.3) is 0 Å². The maximum atomic E-state index is 11.8. The number of ether oxygens (including phenoxy) is 1. The fourth-order valence-electron chi connectivity index (χ4n) is 1.86. The number of hydrogen-bond donors (Lipinski definition) is 2. The molecule has 19 heavy (non-hydrogen) atoms. The molecule has 0 aliphatic heterocycles. The monoisotopic (exact) mass is 266 g/mol. The second kappa shape index (κ2) is 6.54. The summed E-state index contributed by atoms with van der Waals surface area (Å²) in [6, 6.07) is 3.08. The molecule has 0 heterocycles. The van der Waals surface area contributed by atoms with Crippen molar-refractivity contribution in [1.82, 2.24) is 4.90 Å². The number of rotatable bonds is 5. The van der Waals surface area contributed by atoms with Gasteiger partial charge < -0.3 is 20.5 Å². The van der Waals surface area contributed by atoms with Gasteiger partial charge in [-0.1, -0.05) is 6.07 Å². The first kappa shape index (κ1) is 15.5. The summed E-state index contributed by atoms with van der Waals surface area (Å²) >= 11 is 0. The molecule has 1 aromatic carbocycles. The quantitative estimate of drug-likeness (QED) is 0.818. The lowest BCUT2D eigenvalue weighted by Gasteiger charge is -2.22. The Kier molecular flexibility index (Phi) is 5.32. The van der Waals surface area contributed by atoms with Crippen molar-refractivity contribution >= 4 is 5.91 Å². The molecule has 1 atom stereocenters. The van der Waals surface area contributed by atoms with Crippen molar-refractivity contribution in [2.24, 2.45) is 5.73 Å². The highest BCUT2D eigenvalue weighted by Gasteiger charge is 2.18. The topological polar surface area (TPSA) is 75.8 Å². The van der Waals surface area contributed by atoms with Gasteiger partial charge in [0.2, 0.25) is 5.91 Å². The van der Waals surface area contributed by atoms with Crippen molar-refractivity contribution < 1.29 is 14.6 Å². The Morgan fingerprint density at radius 1 is 1.42 bits per heavy atom. The molecule has 0 aliphatic carbocycles. The van der Waals surface area contributed by atoms with Crippen molar-refractivity contribution in [2.75, 3.05) is 20.8 Å². The predicted octanol–water partition coefficient (Wildman–Crippen LogP) is 0.590. The Bertz CT molecular complexity index is 460. The van der Waals surface area contributed by atoms with Crippen LogP contribution in [0.25, 0.3) is 0 Å². The van der Waals surface area contributed by atoms with Gasteiger partial charge in [-0.05, 0) is 31.0 Å². The Hall–Kier alpha value is -1.59. The minimum absolute atomic E-state index is 0.289. The second-order valence-corrected chi connectivity index (χ2v) is 4.73. The molecule has 1 rings (SSSR count). The highest BCUT2D eigenvalue weighted by Crippen LogP contribution is 2.24. The molecular formula is C14H22N2O3. The van der Waals surface area contributed by atoms with E-state index in [1.165, 1.54) is 4.90 Å². The highest BCUT2D eigenvalue weighted by atomic mass is 16.5. The zero-order valence-corrected chi connectivity index (χ0v) is 11.9. The molecule has 5 nitrogen and oxygen atoms in total. The lowest BCUT2D eigenvalue weighted by molar-refractivity contribution is -0.132. The molecule has 1 unspecified atom stereocenters. The van der Waals surface area contributed by atoms with Crippen molar-refractivity contribution in [2.45, 2.75) is 26.4 Å². The lowest BCUT2D eigenvalue weighted by atomic mass is 10.0. The molecule has 0 saturated carbocycles. The molecule has 0 spiro atoms. The number of carbonyl (C=O) groups excluding carboxylic acids is 1. The molecule has 3 N–H and O–H groups in total. The van der Waals surface area contributed by atoms with E-state index in [4.69, 9.17) is 15.6 Å². The van der Waals surface area contributed by atoms with Crippen LogP contribution in [-0.4, -0.2) is 42.7 Å². The number of benzene rings is 1. The van der Waals surface area contributed by atoms with E-state index in [0.29, 0.717) is 6.54 Å². The van der Waals surface area contributed by atoms with Gasteiger partial charge in [0.1, 0.15) is 11.8 Å². The molecule has 1 amide bonds. The van der Waals surface area contributed by atoms with Crippen LogP contribution in [0.15, 0.2) is 12.1 Å². The normalized spacial score (nSPS) is 12.1. The molecular weight excluding hydrogens is 244 g/mol. The zero-order valence-electron chi connectivity index (χ0n) is 11.9. The molecule has 0 bridgehead atoms. The number of nitrogens with two attached hydrogens (primary N) is 1. The summed E-state index contributed by atoms with van der Waals surface area (Å²) in [4.78, 5) is 13.3. The van der Waals surface area contributed by atoms with Gasteiger partial charge in [0.05, 0.1) is 13.7 Å². The summed E-state index contributed by atoms with van der Waals surface area (Å²) in [5.41, 5.74) is 8.73. The molecule has 5 heteroatoms. The van der Waals surface area contributed by atoms with Gasteiger partial charge >= 0.3 is 0 Å². The van der Waals surface area contributed by atoms with Crippen LogP contribution in [-0.2, 0) is 11.3 Å². The first-order valence-electron chi connectivity index (χ1n) is 6.16. The summed E-state index contributed by atoms with van der Waals surface area (Å²) in [5, 5.41) is 8.90. The molecule has 0 aliphatic rings. The lowest BCUT2D eigenvalue weighted by Crippen LogP contribution is -2.43. The summed E-state index contributed by atoms with van der Waals surface area (Å²) in [6.45, 7) is 4.07. The summed E-state index contributed by atoms with van der Waals surface area (Å²) in [7, 11) is 3.27. The van der Waals surface area contributed by atoms with Crippen LogP contribution in [0, 0.1) is 13.8 Å². The first-order chi connectivity index (χ1) is 8.90. The Balaban J connectivity index is 2.93. The van der Waals surface area contributed by atoms with Gasteiger partial charge in [-0.15, -0.1) is 0 Å². The Labute approximate surface area is 114 Å². The Morgan fingerprint density at radius 3 is 2.53 bits per heavy atom. The smallest absolute Gasteiger partial charge is 0.241 e. The molecule has 0 aromatic heterocycles. The number of amides is 1. The average molecular weight is 266 g/mol.